The molecular formula is C103H149Br16MgN5O9S. The number of hydrogen-bond donors (Lipinski definition) is 5. The Morgan fingerprint density at radius 2 is 0.837 bits per heavy atom. The minimum Gasteiger partial charge on any atom is -1.00 e. The van der Waals surface area contributed by atoms with Gasteiger partial charge in [0.15, 0.2) is 0 Å². The predicted octanol–water partition coefficient (Wildman–Crippen LogP) is 34.3. The van der Waals surface area contributed by atoms with Gasteiger partial charge in [0.25, 0.3) is 0 Å². The monoisotopic (exact) mass is 2920 g/mol. The number of carboxylic acids is 1. The Kier molecular flexibility index (Phi) is 106. The minimum atomic E-state index is -0.881. The van der Waals surface area contributed by atoms with Crippen LogP contribution in [0.2, 0.25) is 0 Å². The second-order valence-electron chi connectivity index (χ2n) is 29.0. The van der Waals surface area contributed by atoms with E-state index >= 15 is 0 Å². The molecule has 2 saturated heterocycles. The molecule has 14 nitrogen and oxygen atoms in total. The van der Waals surface area contributed by atoms with Gasteiger partial charge in [0.05, 0.1) is 18.5 Å². The van der Waals surface area contributed by atoms with Gasteiger partial charge in [-0.2, -0.15) is 19.6 Å². The van der Waals surface area contributed by atoms with E-state index in [9.17, 15) is 19.5 Å². The number of nitrogens with zero attached hydrogens (tertiary/aromatic N) is 4. The van der Waals surface area contributed by atoms with Crippen molar-refractivity contribution in [2.75, 3.05) is 57.3 Å². The first kappa shape index (κ1) is 150. The molecule has 135 heavy (non-hydrogen) atoms. The maximum absolute atomic E-state index is 11.2. The predicted molar refractivity (Wildman–Crippen MR) is 635 cm³/mol. The molecule has 0 saturated carbocycles. The van der Waals surface area contributed by atoms with E-state index in [1.54, 1.807) is 6.92 Å². The Morgan fingerprint density at radius 1 is 0.519 bits per heavy atom. The van der Waals surface area contributed by atoms with Crippen molar-refractivity contribution in [1.82, 2.24) is 0 Å². The molecule has 2 fully saturated rings. The topological polar surface area (TPSA) is 218 Å². The number of anilines is 1. The van der Waals surface area contributed by atoms with E-state index in [4.69, 9.17) is 35.7 Å². The fraction of sp³-hybridized carbons (Fsp3) is 0.495. The van der Waals surface area contributed by atoms with Crippen LogP contribution in [-0.4, -0.2) is 133 Å². The van der Waals surface area contributed by atoms with Crippen molar-refractivity contribution >= 4 is 299 Å². The Bertz CT molecular complexity index is 4120. The number of thiol groups is 1. The van der Waals surface area contributed by atoms with Crippen LogP contribution in [0, 0.1) is 12.8 Å². The molecule has 3 aliphatic rings. The van der Waals surface area contributed by atoms with Crippen LogP contribution in [-0.2, 0) is 80.0 Å². The van der Waals surface area contributed by atoms with Gasteiger partial charge in [0.2, 0.25) is 0 Å². The summed E-state index contributed by atoms with van der Waals surface area (Å²) in [5, 5.41) is 29.6. The average Bonchev–Trinajstić information content (AvgIpc) is 0.812. The maximum atomic E-state index is 11.2. The van der Waals surface area contributed by atoms with E-state index < -0.39 is 5.97 Å². The third-order valence-electron chi connectivity index (χ3n) is 19.9. The fourth-order valence-electron chi connectivity index (χ4n) is 12.0. The van der Waals surface area contributed by atoms with Crippen molar-refractivity contribution in [3.63, 3.8) is 0 Å². The van der Waals surface area contributed by atoms with Crippen LogP contribution in [0.15, 0.2) is 218 Å². The molecule has 5 atom stereocenters. The van der Waals surface area contributed by atoms with Crippen molar-refractivity contribution in [2.45, 2.75) is 277 Å². The Balaban J connectivity index is -0.000000220. The molecule has 0 spiro atoms. The van der Waals surface area contributed by atoms with E-state index in [1.165, 1.54) is 110 Å². The van der Waals surface area contributed by atoms with Gasteiger partial charge in [-0.25, -0.2) is 0 Å². The number of carbonyl (C=O) groups excluding carboxylic acids is 2. The Labute approximate surface area is 972 Å². The summed E-state index contributed by atoms with van der Waals surface area (Å²) in [5.41, 5.74) is 25.8. The van der Waals surface area contributed by atoms with Crippen LogP contribution < -0.4 is 27.6 Å². The van der Waals surface area contributed by atoms with E-state index in [-0.39, 0.29) is 108 Å². The van der Waals surface area contributed by atoms with E-state index in [1.807, 2.05) is 118 Å². The molecule has 5 N–H and O–H groups in total. The first-order valence-electron chi connectivity index (χ1n) is 43.2. The van der Waals surface area contributed by atoms with E-state index in [2.05, 4.69) is 357 Å². The summed E-state index contributed by atoms with van der Waals surface area (Å²) in [6.07, 6.45) is 25.7. The number of rotatable bonds is 29. The number of halogens is 16. The number of aldehydes is 1. The van der Waals surface area contributed by atoms with Gasteiger partial charge in [0.1, 0.15) is 6.29 Å². The molecular weight excluding hydrogens is 2790 g/mol. The molecule has 8 aromatic carbocycles. The number of carboxylic acid groups (broad SMARTS) is 1. The number of azide groups is 1. The maximum Gasteiger partial charge on any atom is 2.00 e. The SMILES string of the molecule is C.C.C.C.C.C1CCOC1.C1CCOC1.CCC(C)CCc1c(Br)cccc1Br.CCC(CCc1c(Br)cccc1Br)N=[N+]=[N-].CCC(N)CCc1c(Br)cccc1Br.CCC(O)CCc1c(Br)cccc1Br.CCC1CCc2c(Br)cccc2N1C.CCOC(=O)CCc1c(Br)cccc1Br.O=C(O)CS.O=CCCc1c(Br)cccc1Br.OCCCc1c(Br)cccc1Br.[Br-].[CH2-]C.[Mg+2]. The zero-order valence-electron chi connectivity index (χ0n) is 76.0. The molecule has 760 valence electrons. The Hall–Kier alpha value is 0.0762. The van der Waals surface area contributed by atoms with Crippen molar-refractivity contribution < 1.29 is 60.9 Å². The van der Waals surface area contributed by atoms with E-state index in [0.29, 0.717) is 31.9 Å². The smallest absolute Gasteiger partial charge is 1.00 e. The van der Waals surface area contributed by atoms with Crippen molar-refractivity contribution in [3.8, 4) is 0 Å². The van der Waals surface area contributed by atoms with Crippen molar-refractivity contribution in [1.29, 1.82) is 0 Å². The van der Waals surface area contributed by atoms with Gasteiger partial charge < -0.3 is 68.9 Å². The molecule has 3 aliphatic heterocycles. The number of esters is 1. The average molecular weight is 2940 g/mol. The van der Waals surface area contributed by atoms with Crippen LogP contribution in [0.4, 0.5) is 5.69 Å². The van der Waals surface area contributed by atoms with Crippen molar-refractivity contribution in [3.05, 3.63) is 275 Å². The van der Waals surface area contributed by atoms with Gasteiger partial charge >= 0.3 is 35.0 Å². The first-order chi connectivity index (χ1) is 61.3. The van der Waals surface area contributed by atoms with Crippen LogP contribution in [0.25, 0.3) is 10.4 Å². The molecule has 32 heteroatoms. The zero-order valence-corrected chi connectivity index (χ0v) is 104. The molecule has 5 unspecified atom stereocenters. The Morgan fingerprint density at radius 3 is 1.13 bits per heavy atom. The molecule has 0 aromatic heterocycles. The zero-order chi connectivity index (χ0) is 96.3. The van der Waals surface area contributed by atoms with E-state index in [0.717, 1.165) is 193 Å². The summed E-state index contributed by atoms with van der Waals surface area (Å²) < 4.78 is 31.5. The molecule has 0 aliphatic carbocycles. The number of benzene rings is 8. The fourth-order valence-corrected chi connectivity index (χ4v) is 22.3. The molecule has 8 aromatic rings. The molecule has 11 rings (SSSR count). The van der Waals surface area contributed by atoms with Crippen LogP contribution in [0.3, 0.4) is 0 Å². The summed E-state index contributed by atoms with van der Waals surface area (Å²) in [7, 11) is 2.21. The van der Waals surface area contributed by atoms with Gasteiger partial charge in [-0.15, -0.1) is 0 Å². The normalized spacial score (nSPS) is 12.6. The standard InChI is InChI=1S/C12H16Br2.C12H16BrN.C11H13Br2N3.C11H15Br2N.C11H12Br2O2.C11H14Br2O.C9H10Br2O.C9H8Br2O.2C4H8O.C2H4O2S.C2H5.5CH4.BrH.Mg/c1-3-9(2)7-8-10-11(13)5-4-6-12(10)14;1-3-9-7-8-10-11(13)5-4-6-12(10)14(9)2;1-2-8(15-16-14)6-7-9-10(12)4-3-5-11(9)13;1-2-8(14)6-7-9-10(12)4-3-5-11(9)13;1-2-15-11(14)7-6-8-9(12)4-3-5-10(8)13;1-2-8(14)6-7-9-10(12)4-3-5-11(9)13;2*10-8-4-1-5-9(11)7(8)3-2-6-12;2*1-2-4-5-3-1;3-2(4)1-5;1-2;;;;;;;/h2*4-6,9H,3,7-8H2,1-2H3;3-5,8H,2,6-7H2,1H3;3-5,8H,2,6-7,14H2,1H3;3-5H,2,6-7H2,1H3;3-5,8,14H,2,6-7H2,1H3;1,4-5,12H,2-3,6H2;1,4-6H,2-3H2;2*1-4H2;5H,1H2,(H,3,4);1H2,2H3;5*1H4;1H;/q;;;;;;;;;;;-1;;;;;;;+2/p-1. The number of nitrogens with two attached hydrogens (primary N) is 1. The number of ether oxygens (including phenoxy) is 3. The van der Waals surface area contributed by atoms with Crippen LogP contribution in [0.1, 0.15) is 246 Å². The van der Waals surface area contributed by atoms with Crippen LogP contribution in [0.5, 0.6) is 0 Å². The number of fused-ring (bicyclic) bond motifs is 1. The molecule has 0 radical (unpaired) electrons. The summed E-state index contributed by atoms with van der Waals surface area (Å²) >= 11 is 56.1. The van der Waals surface area contributed by atoms with Gasteiger partial charge in [-0.05, 0) is 301 Å². The summed E-state index contributed by atoms with van der Waals surface area (Å²) in [6.45, 7) is 24.5. The number of aliphatic hydroxyl groups excluding tert-OH is 2. The second kappa shape index (κ2) is 95.0. The number of aliphatic carboxylic acids is 1. The third kappa shape index (κ3) is 67.5. The summed E-state index contributed by atoms with van der Waals surface area (Å²) in [5.74, 6) is -0.303. The quantitative estimate of drug-likeness (QED) is 0.00434. The van der Waals surface area contributed by atoms with Crippen molar-refractivity contribution in [2.24, 2.45) is 16.8 Å². The first-order valence-corrected chi connectivity index (χ1v) is 55.7. The second-order valence-corrected chi connectivity index (χ2v) is 42.2. The van der Waals surface area contributed by atoms with Gasteiger partial charge in [-0.1, -0.05) is 378 Å². The molecule has 3 heterocycles. The summed E-state index contributed by atoms with van der Waals surface area (Å²) in [6, 6.07) is 49.9. The van der Waals surface area contributed by atoms with Gasteiger partial charge in [0, 0.05) is 149 Å². The minimum absolute atomic E-state index is 0. The largest absolute Gasteiger partial charge is 2.00 e. The number of hydrogen-bond acceptors (Lipinski definition) is 12. The third-order valence-corrected chi connectivity index (χ3v) is 31.3. The van der Waals surface area contributed by atoms with Gasteiger partial charge in [-0.3, -0.25) is 9.59 Å². The number of carbonyl (C=O) groups is 3. The van der Waals surface area contributed by atoms with Crippen LogP contribution >= 0.6 is 252 Å². The summed E-state index contributed by atoms with van der Waals surface area (Å²) in [4.78, 5) is 35.9. The molecule has 0 bridgehead atoms. The number of aliphatic hydroxyl groups is 2. The molecule has 0 amide bonds.